The van der Waals surface area contributed by atoms with E-state index in [0.717, 1.165) is 30.5 Å². The molecule has 26 heavy (non-hydrogen) atoms. The Hall–Kier alpha value is -2.40. The van der Waals surface area contributed by atoms with E-state index in [4.69, 9.17) is 11.6 Å². The summed E-state index contributed by atoms with van der Waals surface area (Å²) in [6, 6.07) is 7.15. The highest BCUT2D eigenvalue weighted by molar-refractivity contribution is 6.30. The van der Waals surface area contributed by atoms with Crippen molar-refractivity contribution in [1.29, 1.82) is 0 Å². The molecule has 1 amide bonds. The molecule has 2 aromatic rings. The number of amides is 1. The van der Waals surface area contributed by atoms with E-state index in [1.807, 2.05) is 19.1 Å². The summed E-state index contributed by atoms with van der Waals surface area (Å²) in [5.41, 5.74) is 3.64. The number of carbonyl (C=O) groups is 1. The van der Waals surface area contributed by atoms with Crippen molar-refractivity contribution in [3.8, 4) is 0 Å². The molecule has 0 aliphatic heterocycles. The molecular formula is C20H23ClN4O. The van der Waals surface area contributed by atoms with E-state index in [2.05, 4.69) is 26.7 Å². The number of nitrogens with one attached hydrogen (secondary N) is 2. The topological polar surface area (TPSA) is 66.9 Å². The maximum Gasteiger partial charge on any atom is 0.270 e. The first-order valence-corrected chi connectivity index (χ1v) is 9.32. The van der Waals surface area contributed by atoms with Crippen molar-refractivity contribution >= 4 is 29.1 Å². The number of hydrogen-bond acceptors (Lipinski definition) is 4. The molecule has 1 aliphatic carbocycles. The van der Waals surface area contributed by atoms with Gasteiger partial charge in [0.1, 0.15) is 5.69 Å². The van der Waals surface area contributed by atoms with Crippen LogP contribution in [-0.4, -0.2) is 22.4 Å². The summed E-state index contributed by atoms with van der Waals surface area (Å²) in [6.45, 7) is 2.58. The van der Waals surface area contributed by atoms with Crippen molar-refractivity contribution in [2.24, 2.45) is 0 Å². The van der Waals surface area contributed by atoms with Crippen LogP contribution >= 0.6 is 11.6 Å². The van der Waals surface area contributed by atoms with Gasteiger partial charge in [-0.2, -0.15) is 0 Å². The van der Waals surface area contributed by atoms with E-state index in [1.54, 1.807) is 18.3 Å². The first-order chi connectivity index (χ1) is 12.6. The number of halogens is 1. The molecule has 0 bridgehead atoms. The quantitative estimate of drug-likeness (QED) is 0.716. The molecule has 2 N–H and O–H groups in total. The molecule has 136 valence electrons. The van der Waals surface area contributed by atoms with E-state index >= 15 is 0 Å². The average Bonchev–Trinajstić information content (AvgIpc) is 2.65. The van der Waals surface area contributed by atoms with Gasteiger partial charge in [0.25, 0.3) is 5.91 Å². The van der Waals surface area contributed by atoms with Crippen LogP contribution in [-0.2, 0) is 0 Å². The van der Waals surface area contributed by atoms with Crippen molar-refractivity contribution in [1.82, 2.24) is 15.3 Å². The number of benzene rings is 1. The van der Waals surface area contributed by atoms with Gasteiger partial charge in [0, 0.05) is 23.5 Å². The van der Waals surface area contributed by atoms with Gasteiger partial charge in [0.2, 0.25) is 5.95 Å². The maximum absolute atomic E-state index is 12.3. The molecular weight excluding hydrogens is 348 g/mol. The normalized spacial score (nSPS) is 13.8. The van der Waals surface area contributed by atoms with Crippen LogP contribution in [0.4, 0.5) is 11.6 Å². The van der Waals surface area contributed by atoms with E-state index < -0.39 is 0 Å². The van der Waals surface area contributed by atoms with Gasteiger partial charge in [-0.3, -0.25) is 4.79 Å². The van der Waals surface area contributed by atoms with Gasteiger partial charge in [-0.15, -0.1) is 0 Å². The number of rotatable bonds is 6. The first-order valence-electron chi connectivity index (χ1n) is 8.94. The van der Waals surface area contributed by atoms with Gasteiger partial charge in [-0.05, 0) is 68.9 Å². The molecule has 1 aliphatic rings. The highest BCUT2D eigenvalue weighted by Crippen LogP contribution is 2.22. The molecule has 1 heterocycles. The van der Waals surface area contributed by atoms with Crippen LogP contribution < -0.4 is 10.6 Å². The molecule has 0 fully saturated rings. The smallest absolute Gasteiger partial charge is 0.270 e. The Kier molecular flexibility index (Phi) is 6.23. The lowest BCUT2D eigenvalue weighted by Gasteiger charge is -2.13. The number of carbonyl (C=O) groups excluding carboxylic acids is 1. The zero-order valence-electron chi connectivity index (χ0n) is 14.9. The molecule has 0 unspecified atom stereocenters. The number of hydrogen-bond donors (Lipinski definition) is 2. The van der Waals surface area contributed by atoms with Crippen LogP contribution in [0.2, 0.25) is 5.02 Å². The van der Waals surface area contributed by atoms with Gasteiger partial charge in [-0.1, -0.05) is 23.3 Å². The van der Waals surface area contributed by atoms with E-state index in [1.165, 1.54) is 18.4 Å². The maximum atomic E-state index is 12.3. The molecule has 0 radical (unpaired) electrons. The van der Waals surface area contributed by atoms with Gasteiger partial charge in [0.15, 0.2) is 0 Å². The summed E-state index contributed by atoms with van der Waals surface area (Å²) in [5.74, 6) is 0.206. The van der Waals surface area contributed by atoms with Crippen LogP contribution in [0.3, 0.4) is 0 Å². The molecule has 0 atom stereocenters. The number of anilines is 2. The largest absolute Gasteiger partial charge is 0.350 e. The zero-order valence-corrected chi connectivity index (χ0v) is 15.6. The number of nitrogens with zero attached hydrogens (tertiary/aromatic N) is 2. The van der Waals surface area contributed by atoms with Crippen molar-refractivity contribution in [3.63, 3.8) is 0 Å². The van der Waals surface area contributed by atoms with Crippen LogP contribution in [0.1, 0.15) is 48.2 Å². The summed E-state index contributed by atoms with van der Waals surface area (Å²) in [7, 11) is 0. The Bertz CT molecular complexity index is 819. The lowest BCUT2D eigenvalue weighted by atomic mass is 9.97. The first kappa shape index (κ1) is 18.4. The highest BCUT2D eigenvalue weighted by atomic mass is 35.5. The van der Waals surface area contributed by atoms with Crippen molar-refractivity contribution in [2.45, 2.75) is 39.0 Å². The SMILES string of the molecule is Cc1cc(Cl)ccc1Nc1nccc(C(=O)NCCC2=CCCCC2)n1. The number of aryl methyl sites for hydroxylation is 1. The minimum atomic E-state index is -0.181. The molecule has 0 saturated carbocycles. The second-order valence-electron chi connectivity index (χ2n) is 6.46. The molecule has 1 aromatic carbocycles. The van der Waals surface area contributed by atoms with Crippen LogP contribution in [0, 0.1) is 6.92 Å². The lowest BCUT2D eigenvalue weighted by Crippen LogP contribution is -2.26. The summed E-state index contributed by atoms with van der Waals surface area (Å²) in [5, 5.41) is 6.75. The van der Waals surface area contributed by atoms with Gasteiger partial charge in [0.05, 0.1) is 0 Å². The molecule has 0 saturated heterocycles. The minimum absolute atomic E-state index is 0.181. The molecule has 3 rings (SSSR count). The van der Waals surface area contributed by atoms with Crippen molar-refractivity contribution < 1.29 is 4.79 Å². The Morgan fingerprint density at radius 2 is 2.15 bits per heavy atom. The zero-order chi connectivity index (χ0) is 18.4. The van der Waals surface area contributed by atoms with Gasteiger partial charge < -0.3 is 10.6 Å². The Morgan fingerprint density at radius 1 is 1.27 bits per heavy atom. The standard InChI is InChI=1S/C20H23ClN4O/c1-14-13-16(21)7-8-17(14)24-20-23-12-10-18(25-20)19(26)22-11-9-15-5-3-2-4-6-15/h5,7-8,10,12-13H,2-4,6,9,11H2,1H3,(H,22,26)(H,23,24,25). The third-order valence-electron chi connectivity index (χ3n) is 4.44. The molecule has 1 aromatic heterocycles. The van der Waals surface area contributed by atoms with Crippen LogP contribution in [0.5, 0.6) is 0 Å². The van der Waals surface area contributed by atoms with E-state index in [-0.39, 0.29) is 5.91 Å². The fraction of sp³-hybridized carbons (Fsp3) is 0.350. The fourth-order valence-electron chi connectivity index (χ4n) is 2.99. The third kappa shape index (κ3) is 5.05. The van der Waals surface area contributed by atoms with Gasteiger partial charge >= 0.3 is 0 Å². The highest BCUT2D eigenvalue weighted by Gasteiger charge is 2.10. The Morgan fingerprint density at radius 3 is 2.92 bits per heavy atom. The summed E-state index contributed by atoms with van der Waals surface area (Å²) >= 11 is 5.98. The Balaban J connectivity index is 1.59. The summed E-state index contributed by atoms with van der Waals surface area (Å²) in [6.07, 6.45) is 9.64. The minimum Gasteiger partial charge on any atom is -0.350 e. The second kappa shape index (κ2) is 8.81. The van der Waals surface area contributed by atoms with E-state index in [0.29, 0.717) is 23.2 Å². The molecule has 5 nitrogen and oxygen atoms in total. The van der Waals surface area contributed by atoms with Crippen LogP contribution in [0.15, 0.2) is 42.1 Å². The van der Waals surface area contributed by atoms with Crippen LogP contribution in [0.25, 0.3) is 0 Å². The van der Waals surface area contributed by atoms with Crippen molar-refractivity contribution in [3.05, 3.63) is 58.4 Å². The van der Waals surface area contributed by atoms with E-state index in [9.17, 15) is 4.79 Å². The summed E-state index contributed by atoms with van der Waals surface area (Å²) in [4.78, 5) is 20.8. The second-order valence-corrected chi connectivity index (χ2v) is 6.90. The molecule has 6 heteroatoms. The number of allylic oxidation sites excluding steroid dienone is 1. The third-order valence-corrected chi connectivity index (χ3v) is 4.67. The number of aromatic nitrogens is 2. The average molecular weight is 371 g/mol. The van der Waals surface area contributed by atoms with Crippen molar-refractivity contribution in [2.75, 3.05) is 11.9 Å². The monoisotopic (exact) mass is 370 g/mol. The van der Waals surface area contributed by atoms with Gasteiger partial charge in [-0.25, -0.2) is 9.97 Å². The summed E-state index contributed by atoms with van der Waals surface area (Å²) < 4.78 is 0. The fourth-order valence-corrected chi connectivity index (χ4v) is 3.22. The predicted molar refractivity (Wildman–Crippen MR) is 105 cm³/mol. The Labute approximate surface area is 158 Å². The lowest BCUT2D eigenvalue weighted by molar-refractivity contribution is 0.0949. The predicted octanol–water partition coefficient (Wildman–Crippen LogP) is 4.80. The molecule has 0 spiro atoms.